The highest BCUT2D eigenvalue weighted by atomic mass is 14.6. The highest BCUT2D eigenvalue weighted by molar-refractivity contribution is 6.31. The summed E-state index contributed by atoms with van der Waals surface area (Å²) in [5.41, 5.74) is 1.08. The van der Waals surface area contributed by atoms with Crippen LogP contribution in [0.2, 0.25) is 0 Å². The summed E-state index contributed by atoms with van der Waals surface area (Å²) in [5.74, 6) is 0. The lowest BCUT2D eigenvalue weighted by atomic mass is 9.92. The van der Waals surface area contributed by atoms with Crippen molar-refractivity contribution in [2.75, 3.05) is 0 Å². The largest absolute Gasteiger partial charge is 0.256 e. The SMILES string of the molecule is c1ccc2cc3c(cc2c1)c1ccc2ccccc2c1c1cccnc31. The third-order valence-corrected chi connectivity index (χ3v) is 5.44. The van der Waals surface area contributed by atoms with E-state index in [0.29, 0.717) is 0 Å². The lowest BCUT2D eigenvalue weighted by Gasteiger charge is -2.13. The predicted octanol–water partition coefficient (Wildman–Crippen LogP) is 6.85. The van der Waals surface area contributed by atoms with Crippen molar-refractivity contribution >= 4 is 54.0 Å². The van der Waals surface area contributed by atoms with Crippen molar-refractivity contribution in [2.24, 2.45) is 0 Å². The molecule has 0 saturated heterocycles. The molecule has 1 nitrogen and oxygen atoms in total. The molecule has 0 aliphatic carbocycles. The molecule has 6 aromatic rings. The van der Waals surface area contributed by atoms with E-state index < -0.39 is 0 Å². The Labute approximate surface area is 150 Å². The van der Waals surface area contributed by atoms with E-state index in [9.17, 15) is 0 Å². The van der Waals surface area contributed by atoms with Crippen LogP contribution in [-0.4, -0.2) is 4.98 Å². The number of rotatable bonds is 0. The minimum absolute atomic E-state index is 1.08. The molecule has 26 heavy (non-hydrogen) atoms. The fourth-order valence-electron chi connectivity index (χ4n) is 4.27. The standard InChI is InChI=1S/C25H15N/c1-2-8-18-15-23-22(14-17(18)7-1)20-12-11-16-6-3-4-9-19(16)24(20)21-10-5-13-26-25(21)23/h1-15H. The number of hydrogen-bond acceptors (Lipinski definition) is 1. The Bertz CT molecular complexity index is 1470. The molecule has 0 aliphatic rings. The van der Waals surface area contributed by atoms with Crippen LogP contribution in [-0.2, 0) is 0 Å². The minimum atomic E-state index is 1.08. The molecule has 0 bridgehead atoms. The quantitative estimate of drug-likeness (QED) is 0.219. The van der Waals surface area contributed by atoms with E-state index in [2.05, 4.69) is 78.9 Å². The number of fused-ring (bicyclic) bond motifs is 9. The van der Waals surface area contributed by atoms with E-state index >= 15 is 0 Å². The van der Waals surface area contributed by atoms with E-state index in [-0.39, 0.29) is 0 Å². The molecular weight excluding hydrogens is 314 g/mol. The second kappa shape index (κ2) is 5.03. The maximum atomic E-state index is 4.77. The average Bonchev–Trinajstić information content (AvgIpc) is 2.72. The molecule has 0 saturated carbocycles. The van der Waals surface area contributed by atoms with Gasteiger partial charge in [0.05, 0.1) is 5.52 Å². The smallest absolute Gasteiger partial charge is 0.0787 e. The molecule has 0 amide bonds. The summed E-state index contributed by atoms with van der Waals surface area (Å²) in [6, 6.07) is 30.5. The van der Waals surface area contributed by atoms with Crippen molar-refractivity contribution in [3.63, 3.8) is 0 Å². The van der Waals surface area contributed by atoms with Crippen molar-refractivity contribution in [1.82, 2.24) is 4.98 Å². The molecular formula is C25H15N. The Balaban J connectivity index is 2.00. The molecule has 0 fully saturated rings. The summed E-state index contributed by atoms with van der Waals surface area (Å²) in [5, 5.41) is 11.4. The molecule has 1 aromatic heterocycles. The van der Waals surface area contributed by atoms with Gasteiger partial charge in [0.2, 0.25) is 0 Å². The summed E-state index contributed by atoms with van der Waals surface area (Å²) in [7, 11) is 0. The van der Waals surface area contributed by atoms with Crippen molar-refractivity contribution in [1.29, 1.82) is 0 Å². The Kier molecular flexibility index (Phi) is 2.67. The van der Waals surface area contributed by atoms with Crippen LogP contribution in [0, 0.1) is 0 Å². The fraction of sp³-hybridized carbons (Fsp3) is 0. The number of nitrogens with zero attached hydrogens (tertiary/aromatic N) is 1. The van der Waals surface area contributed by atoms with Gasteiger partial charge in [0.25, 0.3) is 0 Å². The summed E-state index contributed by atoms with van der Waals surface area (Å²) < 4.78 is 0. The van der Waals surface area contributed by atoms with Crippen LogP contribution in [0.4, 0.5) is 0 Å². The molecule has 0 atom stereocenters. The normalized spacial score (nSPS) is 11.8. The third kappa shape index (κ3) is 1.77. The lowest BCUT2D eigenvalue weighted by Crippen LogP contribution is -1.87. The zero-order valence-electron chi connectivity index (χ0n) is 14.1. The van der Waals surface area contributed by atoms with Crippen molar-refractivity contribution < 1.29 is 0 Å². The minimum Gasteiger partial charge on any atom is -0.256 e. The molecule has 1 heteroatoms. The molecule has 0 spiro atoms. The van der Waals surface area contributed by atoms with Crippen molar-refractivity contribution in [3.8, 4) is 0 Å². The zero-order chi connectivity index (χ0) is 17.1. The summed E-state index contributed by atoms with van der Waals surface area (Å²) in [6.07, 6.45) is 1.90. The fourth-order valence-corrected chi connectivity index (χ4v) is 4.27. The van der Waals surface area contributed by atoms with E-state index in [0.717, 1.165) is 5.52 Å². The molecule has 6 rings (SSSR count). The van der Waals surface area contributed by atoms with Crippen LogP contribution >= 0.6 is 0 Å². The van der Waals surface area contributed by atoms with Gasteiger partial charge in [-0.3, -0.25) is 4.98 Å². The van der Waals surface area contributed by atoms with E-state index in [1.807, 2.05) is 12.3 Å². The topological polar surface area (TPSA) is 12.9 Å². The van der Waals surface area contributed by atoms with Crippen molar-refractivity contribution in [2.45, 2.75) is 0 Å². The number of aromatic nitrogens is 1. The number of benzene rings is 5. The van der Waals surface area contributed by atoms with Gasteiger partial charge in [-0.25, -0.2) is 0 Å². The van der Waals surface area contributed by atoms with Crippen LogP contribution in [0.5, 0.6) is 0 Å². The van der Waals surface area contributed by atoms with Crippen LogP contribution in [0.1, 0.15) is 0 Å². The van der Waals surface area contributed by atoms with Gasteiger partial charge in [-0.1, -0.05) is 66.7 Å². The second-order valence-corrected chi connectivity index (χ2v) is 6.85. The van der Waals surface area contributed by atoms with Gasteiger partial charge < -0.3 is 0 Å². The Morgan fingerprint density at radius 1 is 0.462 bits per heavy atom. The maximum Gasteiger partial charge on any atom is 0.0787 e. The van der Waals surface area contributed by atoms with Gasteiger partial charge in [-0.15, -0.1) is 0 Å². The van der Waals surface area contributed by atoms with Crippen LogP contribution in [0.25, 0.3) is 54.0 Å². The Morgan fingerprint density at radius 2 is 1.15 bits per heavy atom. The third-order valence-electron chi connectivity index (χ3n) is 5.44. The second-order valence-electron chi connectivity index (χ2n) is 6.85. The van der Waals surface area contributed by atoms with Gasteiger partial charge in [-0.05, 0) is 55.9 Å². The van der Waals surface area contributed by atoms with E-state index in [1.165, 1.54) is 48.5 Å². The number of pyridine rings is 1. The van der Waals surface area contributed by atoms with Gasteiger partial charge in [0.1, 0.15) is 0 Å². The monoisotopic (exact) mass is 329 g/mol. The molecule has 5 aromatic carbocycles. The van der Waals surface area contributed by atoms with Gasteiger partial charge in [-0.2, -0.15) is 0 Å². The average molecular weight is 329 g/mol. The molecule has 0 N–H and O–H groups in total. The first-order chi connectivity index (χ1) is 12.9. The molecule has 0 aliphatic heterocycles. The van der Waals surface area contributed by atoms with Crippen LogP contribution in [0.3, 0.4) is 0 Å². The first kappa shape index (κ1) is 13.8. The molecule has 1 heterocycles. The van der Waals surface area contributed by atoms with Gasteiger partial charge in [0, 0.05) is 17.0 Å². The zero-order valence-corrected chi connectivity index (χ0v) is 14.1. The number of hydrogen-bond donors (Lipinski definition) is 0. The Morgan fingerprint density at radius 3 is 2.00 bits per heavy atom. The predicted molar refractivity (Wildman–Crippen MR) is 112 cm³/mol. The van der Waals surface area contributed by atoms with Gasteiger partial charge >= 0.3 is 0 Å². The Hall–Kier alpha value is -3.45. The van der Waals surface area contributed by atoms with E-state index in [1.54, 1.807) is 0 Å². The van der Waals surface area contributed by atoms with Gasteiger partial charge in [0.15, 0.2) is 0 Å². The maximum absolute atomic E-state index is 4.77. The lowest BCUT2D eigenvalue weighted by molar-refractivity contribution is 1.43. The highest BCUT2D eigenvalue weighted by Crippen LogP contribution is 2.39. The summed E-state index contributed by atoms with van der Waals surface area (Å²) in [4.78, 5) is 4.77. The molecule has 0 unspecified atom stereocenters. The first-order valence-electron chi connectivity index (χ1n) is 8.91. The summed E-state index contributed by atoms with van der Waals surface area (Å²) in [6.45, 7) is 0. The molecule has 120 valence electrons. The van der Waals surface area contributed by atoms with E-state index in [4.69, 9.17) is 4.98 Å². The highest BCUT2D eigenvalue weighted by Gasteiger charge is 2.12. The van der Waals surface area contributed by atoms with Crippen molar-refractivity contribution in [3.05, 3.63) is 91.1 Å². The van der Waals surface area contributed by atoms with Crippen LogP contribution < -0.4 is 0 Å². The first-order valence-corrected chi connectivity index (χ1v) is 8.91. The van der Waals surface area contributed by atoms with Crippen LogP contribution in [0.15, 0.2) is 91.1 Å². The molecule has 0 radical (unpaired) electrons. The summed E-state index contributed by atoms with van der Waals surface area (Å²) >= 11 is 0.